The summed E-state index contributed by atoms with van der Waals surface area (Å²) in [6.07, 6.45) is 1.78. The number of amides is 3. The Morgan fingerprint density at radius 3 is 2.48 bits per heavy atom. The Morgan fingerprint density at radius 1 is 1.29 bits per heavy atom. The van der Waals surface area contributed by atoms with E-state index in [0.29, 0.717) is 13.0 Å². The van der Waals surface area contributed by atoms with Crippen LogP contribution in [0, 0.1) is 0 Å². The second kappa shape index (κ2) is 7.06. The predicted molar refractivity (Wildman–Crippen MR) is 75.3 cm³/mol. The average Bonchev–Trinajstić information content (AvgIpc) is 3.04. The van der Waals surface area contributed by atoms with E-state index in [2.05, 4.69) is 4.90 Å². The van der Waals surface area contributed by atoms with E-state index in [9.17, 15) is 14.7 Å². The molecule has 0 aromatic rings. The molecular formula is C13H24N4O4. The molecule has 3 unspecified atom stereocenters. The van der Waals surface area contributed by atoms with Gasteiger partial charge in [0.25, 0.3) is 0 Å². The maximum Gasteiger partial charge on any atom is 0.315 e. The van der Waals surface area contributed by atoms with Crippen LogP contribution in [0.4, 0.5) is 4.79 Å². The first-order chi connectivity index (χ1) is 9.97. The second-order valence-corrected chi connectivity index (χ2v) is 5.76. The average molecular weight is 300 g/mol. The summed E-state index contributed by atoms with van der Waals surface area (Å²) in [4.78, 5) is 26.0. The fraction of sp³-hybridized carbons (Fsp3) is 0.846. The molecule has 0 radical (unpaired) electrons. The number of carbonyl (C=O) groups is 2. The van der Waals surface area contributed by atoms with E-state index >= 15 is 0 Å². The third kappa shape index (κ3) is 4.29. The molecule has 0 aromatic heterocycles. The van der Waals surface area contributed by atoms with Gasteiger partial charge in [0.2, 0.25) is 5.91 Å². The van der Waals surface area contributed by atoms with Gasteiger partial charge in [0.1, 0.15) is 6.04 Å². The van der Waals surface area contributed by atoms with Crippen LogP contribution in [0.3, 0.4) is 0 Å². The van der Waals surface area contributed by atoms with Gasteiger partial charge in [0.15, 0.2) is 0 Å². The van der Waals surface area contributed by atoms with Crippen LogP contribution in [0.15, 0.2) is 0 Å². The zero-order valence-corrected chi connectivity index (χ0v) is 12.1. The first-order valence-electron chi connectivity index (χ1n) is 7.34. The summed E-state index contributed by atoms with van der Waals surface area (Å²) >= 11 is 0. The number of β-amino-alcohol motifs (C(OH)–C–C–N with tert-alkyl or cyclic N) is 1. The lowest BCUT2D eigenvalue weighted by molar-refractivity contribution is -0.121. The molecule has 2 fully saturated rings. The lowest BCUT2D eigenvalue weighted by Crippen LogP contribution is -2.46. The van der Waals surface area contributed by atoms with Crippen molar-refractivity contribution in [1.82, 2.24) is 9.80 Å². The van der Waals surface area contributed by atoms with Crippen molar-refractivity contribution < 1.29 is 19.4 Å². The summed E-state index contributed by atoms with van der Waals surface area (Å²) in [6.45, 7) is 3.03. The van der Waals surface area contributed by atoms with Gasteiger partial charge in [0.05, 0.1) is 18.8 Å². The maximum absolute atomic E-state index is 11.3. The number of primary amides is 2. The van der Waals surface area contributed by atoms with Gasteiger partial charge in [0, 0.05) is 19.5 Å². The van der Waals surface area contributed by atoms with E-state index in [4.69, 9.17) is 16.2 Å². The largest absolute Gasteiger partial charge is 0.389 e. The van der Waals surface area contributed by atoms with Crippen LogP contribution in [-0.4, -0.2) is 77.9 Å². The van der Waals surface area contributed by atoms with Gasteiger partial charge in [-0.1, -0.05) is 0 Å². The minimum atomic E-state index is -0.719. The summed E-state index contributed by atoms with van der Waals surface area (Å²) in [5, 5.41) is 9.96. The number of ether oxygens (including phenoxy) is 1. The van der Waals surface area contributed by atoms with Crippen LogP contribution in [-0.2, 0) is 9.53 Å². The molecule has 120 valence electrons. The number of nitrogens with zero attached hydrogens (tertiary/aromatic N) is 2. The predicted octanol–water partition coefficient (Wildman–Crippen LogP) is -1.53. The zero-order valence-electron chi connectivity index (χ0n) is 12.1. The molecule has 8 nitrogen and oxygen atoms in total. The fourth-order valence-corrected chi connectivity index (χ4v) is 2.99. The number of rotatable bonds is 6. The lowest BCUT2D eigenvalue weighted by atomic mass is 10.2. The van der Waals surface area contributed by atoms with Gasteiger partial charge in [-0.05, 0) is 25.9 Å². The molecule has 3 atom stereocenters. The van der Waals surface area contributed by atoms with Gasteiger partial charge in [-0.15, -0.1) is 0 Å². The molecular weight excluding hydrogens is 276 g/mol. The fourth-order valence-electron chi connectivity index (χ4n) is 2.99. The van der Waals surface area contributed by atoms with Crippen molar-refractivity contribution in [2.24, 2.45) is 11.5 Å². The zero-order chi connectivity index (χ0) is 15.4. The topological polar surface area (TPSA) is 122 Å². The van der Waals surface area contributed by atoms with E-state index in [1.165, 1.54) is 17.7 Å². The smallest absolute Gasteiger partial charge is 0.315 e. The molecule has 5 N–H and O–H groups in total. The van der Waals surface area contributed by atoms with Crippen molar-refractivity contribution in [3.63, 3.8) is 0 Å². The quantitative estimate of drug-likeness (QED) is 0.549. The SMILES string of the molecule is NC(=O)C1CC(OCC(O)CN2CCCC2)CN1C(N)=O. The van der Waals surface area contributed by atoms with Crippen LogP contribution in [0.25, 0.3) is 0 Å². The van der Waals surface area contributed by atoms with Crippen LogP contribution < -0.4 is 11.5 Å². The monoisotopic (exact) mass is 300 g/mol. The van der Waals surface area contributed by atoms with Gasteiger partial charge in [-0.3, -0.25) is 4.79 Å². The molecule has 2 rings (SSSR count). The van der Waals surface area contributed by atoms with Crippen LogP contribution >= 0.6 is 0 Å². The van der Waals surface area contributed by atoms with Crippen molar-refractivity contribution in [3.8, 4) is 0 Å². The van der Waals surface area contributed by atoms with E-state index in [1.54, 1.807) is 0 Å². The first kappa shape index (κ1) is 16.0. The summed E-state index contributed by atoms with van der Waals surface area (Å²) in [5.41, 5.74) is 10.5. The highest BCUT2D eigenvalue weighted by atomic mass is 16.5. The van der Waals surface area contributed by atoms with Gasteiger partial charge in [-0.25, -0.2) is 4.79 Å². The number of nitrogens with two attached hydrogens (primary N) is 2. The van der Waals surface area contributed by atoms with E-state index in [0.717, 1.165) is 13.1 Å². The number of urea groups is 1. The van der Waals surface area contributed by atoms with E-state index < -0.39 is 24.1 Å². The number of aliphatic hydroxyl groups is 1. The van der Waals surface area contributed by atoms with Crippen LogP contribution in [0.2, 0.25) is 0 Å². The third-order valence-corrected chi connectivity index (χ3v) is 4.07. The van der Waals surface area contributed by atoms with Crippen LogP contribution in [0.1, 0.15) is 19.3 Å². The Morgan fingerprint density at radius 2 is 1.95 bits per heavy atom. The van der Waals surface area contributed by atoms with Crippen molar-refractivity contribution in [2.75, 3.05) is 32.8 Å². The van der Waals surface area contributed by atoms with Crippen molar-refractivity contribution in [3.05, 3.63) is 0 Å². The Kier molecular flexibility index (Phi) is 5.38. The highest BCUT2D eigenvalue weighted by molar-refractivity contribution is 5.86. The molecule has 3 amide bonds. The molecule has 0 aromatic carbocycles. The van der Waals surface area contributed by atoms with Gasteiger partial charge >= 0.3 is 6.03 Å². The molecule has 2 aliphatic heterocycles. The second-order valence-electron chi connectivity index (χ2n) is 5.76. The Bertz CT molecular complexity index is 364. The summed E-state index contributed by atoms with van der Waals surface area (Å²) in [6, 6.07) is -1.40. The lowest BCUT2D eigenvalue weighted by Gasteiger charge is -2.21. The Labute approximate surface area is 124 Å². The summed E-state index contributed by atoms with van der Waals surface area (Å²) < 4.78 is 5.60. The number of hydrogen-bond acceptors (Lipinski definition) is 5. The number of hydrogen-bond donors (Lipinski definition) is 3. The molecule has 8 heteroatoms. The molecule has 21 heavy (non-hydrogen) atoms. The molecule has 0 spiro atoms. The van der Waals surface area contributed by atoms with Crippen molar-refractivity contribution in [2.45, 2.75) is 37.5 Å². The van der Waals surface area contributed by atoms with Gasteiger partial charge < -0.3 is 31.1 Å². The first-order valence-corrected chi connectivity index (χ1v) is 7.34. The minimum Gasteiger partial charge on any atom is -0.389 e. The highest BCUT2D eigenvalue weighted by Crippen LogP contribution is 2.20. The number of likely N-dealkylation sites (tertiary alicyclic amines) is 2. The maximum atomic E-state index is 11.3. The summed E-state index contributed by atoms with van der Waals surface area (Å²) in [7, 11) is 0. The molecule has 0 bridgehead atoms. The minimum absolute atomic E-state index is 0.180. The normalized spacial score (nSPS) is 28.0. The molecule has 0 aliphatic carbocycles. The van der Waals surface area contributed by atoms with Crippen molar-refractivity contribution >= 4 is 11.9 Å². The number of aliphatic hydroxyl groups excluding tert-OH is 1. The Balaban J connectivity index is 1.75. The molecule has 2 aliphatic rings. The van der Waals surface area contributed by atoms with E-state index in [1.807, 2.05) is 0 Å². The summed E-state index contributed by atoms with van der Waals surface area (Å²) in [5.74, 6) is -0.586. The van der Waals surface area contributed by atoms with Gasteiger partial charge in [-0.2, -0.15) is 0 Å². The Hall–Kier alpha value is -1.38. The highest BCUT2D eigenvalue weighted by Gasteiger charge is 2.38. The number of carbonyl (C=O) groups excluding carboxylic acids is 2. The van der Waals surface area contributed by atoms with Crippen LogP contribution in [0.5, 0.6) is 0 Å². The van der Waals surface area contributed by atoms with E-state index in [-0.39, 0.29) is 19.3 Å². The van der Waals surface area contributed by atoms with Crippen molar-refractivity contribution in [1.29, 1.82) is 0 Å². The molecule has 2 saturated heterocycles. The standard InChI is InChI=1S/C13H24N4O4/c14-12(19)11-5-10(7-17(11)13(15)20)21-8-9(18)6-16-3-1-2-4-16/h9-11,18H,1-8H2,(H2,14,19)(H2,15,20). The molecule has 0 saturated carbocycles. The third-order valence-electron chi connectivity index (χ3n) is 4.07. The molecule has 2 heterocycles.